The maximum Gasteiger partial charge on any atom is 0.206 e. The maximum absolute atomic E-state index is 13.5. The molecule has 25 heavy (non-hydrogen) atoms. The van der Waals surface area contributed by atoms with Gasteiger partial charge in [-0.3, -0.25) is 0 Å². The molecule has 1 unspecified atom stereocenters. The number of nitrogens with one attached hydrogen (secondary N) is 1. The third kappa shape index (κ3) is 2.73. The fourth-order valence-corrected chi connectivity index (χ4v) is 5.45. The van der Waals surface area contributed by atoms with Crippen LogP contribution in [0.3, 0.4) is 0 Å². The van der Waals surface area contributed by atoms with Crippen molar-refractivity contribution in [1.82, 2.24) is 5.32 Å². The van der Waals surface area contributed by atoms with Crippen LogP contribution in [0, 0.1) is 5.82 Å². The Labute approximate surface area is 147 Å². The highest BCUT2D eigenvalue weighted by atomic mass is 32.2. The second kappa shape index (κ2) is 6.11. The summed E-state index contributed by atoms with van der Waals surface area (Å²) in [6, 6.07) is 10.9. The van der Waals surface area contributed by atoms with E-state index in [-0.39, 0.29) is 9.79 Å². The Kier molecular flexibility index (Phi) is 4.04. The predicted molar refractivity (Wildman–Crippen MR) is 95.3 cm³/mol. The first-order valence-corrected chi connectivity index (χ1v) is 10.0. The molecule has 0 saturated carbocycles. The highest BCUT2D eigenvalue weighted by Gasteiger charge is 2.37. The minimum atomic E-state index is -3.72. The third-order valence-electron chi connectivity index (χ3n) is 5.41. The Morgan fingerprint density at radius 3 is 2.64 bits per heavy atom. The molecule has 0 aromatic heterocycles. The maximum atomic E-state index is 13.5. The highest BCUT2D eigenvalue weighted by Crippen LogP contribution is 2.44. The Morgan fingerprint density at radius 1 is 1.08 bits per heavy atom. The van der Waals surface area contributed by atoms with Crippen molar-refractivity contribution in [3.63, 3.8) is 0 Å². The molecule has 2 aliphatic heterocycles. The number of hydrogen-bond acceptors (Lipinski definition) is 4. The van der Waals surface area contributed by atoms with E-state index in [2.05, 4.69) is 17.3 Å². The number of nitrogens with zero attached hydrogens (tertiary/aromatic N) is 1. The van der Waals surface area contributed by atoms with Crippen LogP contribution in [0.4, 0.5) is 10.1 Å². The van der Waals surface area contributed by atoms with Crippen molar-refractivity contribution >= 4 is 15.5 Å². The van der Waals surface area contributed by atoms with Crippen LogP contribution in [0.2, 0.25) is 0 Å². The summed E-state index contributed by atoms with van der Waals surface area (Å²) >= 11 is 0. The summed E-state index contributed by atoms with van der Waals surface area (Å²) in [6.45, 7) is 1.92. The molecule has 132 valence electrons. The topological polar surface area (TPSA) is 49.4 Å². The van der Waals surface area contributed by atoms with Crippen LogP contribution in [0.5, 0.6) is 0 Å². The second-order valence-corrected chi connectivity index (χ2v) is 8.74. The van der Waals surface area contributed by atoms with Crippen molar-refractivity contribution in [1.29, 1.82) is 0 Å². The van der Waals surface area contributed by atoms with E-state index < -0.39 is 15.7 Å². The van der Waals surface area contributed by atoms with Crippen molar-refractivity contribution < 1.29 is 12.8 Å². The van der Waals surface area contributed by atoms with Crippen LogP contribution >= 0.6 is 0 Å². The van der Waals surface area contributed by atoms with E-state index in [1.165, 1.54) is 18.2 Å². The van der Waals surface area contributed by atoms with Gasteiger partial charge < -0.3 is 10.2 Å². The highest BCUT2D eigenvalue weighted by molar-refractivity contribution is 7.91. The number of sulfone groups is 1. The first-order chi connectivity index (χ1) is 12.0. The van der Waals surface area contributed by atoms with E-state index in [9.17, 15) is 12.8 Å². The average Bonchev–Trinajstić information content (AvgIpc) is 2.77. The fraction of sp³-hybridized carbons (Fsp3) is 0.368. The zero-order valence-corrected chi connectivity index (χ0v) is 14.9. The molecule has 2 aromatic rings. The summed E-state index contributed by atoms with van der Waals surface area (Å²) in [5.74, 6) is -0.213. The predicted octanol–water partition coefficient (Wildman–Crippen LogP) is 2.94. The van der Waals surface area contributed by atoms with Gasteiger partial charge in [-0.2, -0.15) is 0 Å². The molecule has 4 rings (SSSR count). The first-order valence-electron chi connectivity index (χ1n) is 8.56. The quantitative estimate of drug-likeness (QED) is 0.895. The largest absolute Gasteiger partial charge is 0.371 e. The Balaban J connectivity index is 1.78. The zero-order valence-electron chi connectivity index (χ0n) is 14.1. The molecule has 0 aliphatic carbocycles. The minimum absolute atomic E-state index is 0.00196. The molecule has 6 heteroatoms. The number of halogens is 1. The summed E-state index contributed by atoms with van der Waals surface area (Å²) in [6.07, 6.45) is 2.04. The number of hydrogen-bond donors (Lipinski definition) is 1. The molecule has 0 spiro atoms. The molecule has 2 aliphatic rings. The van der Waals surface area contributed by atoms with Crippen LogP contribution in [0.1, 0.15) is 24.3 Å². The minimum Gasteiger partial charge on any atom is -0.371 e. The van der Waals surface area contributed by atoms with E-state index in [1.807, 2.05) is 6.07 Å². The molecule has 0 radical (unpaired) electrons. The van der Waals surface area contributed by atoms with Gasteiger partial charge in [0.15, 0.2) is 0 Å². The first kappa shape index (κ1) is 16.5. The van der Waals surface area contributed by atoms with Gasteiger partial charge in [-0.1, -0.05) is 6.07 Å². The van der Waals surface area contributed by atoms with Crippen molar-refractivity contribution in [3.8, 4) is 0 Å². The number of likely N-dealkylation sites (N-methyl/N-ethyl adjacent to an activating group) is 1. The smallest absolute Gasteiger partial charge is 0.206 e. The van der Waals surface area contributed by atoms with Gasteiger partial charge in [0, 0.05) is 24.7 Å². The molecule has 2 heterocycles. The number of anilines is 1. The van der Waals surface area contributed by atoms with Crippen LogP contribution in [0.15, 0.2) is 52.3 Å². The molecule has 1 N–H and O–H groups in total. The lowest BCUT2D eigenvalue weighted by Gasteiger charge is -2.24. The Morgan fingerprint density at radius 2 is 1.84 bits per heavy atom. The van der Waals surface area contributed by atoms with Gasteiger partial charge in [0.1, 0.15) is 5.82 Å². The fourth-order valence-electron chi connectivity index (χ4n) is 4.12. The summed E-state index contributed by atoms with van der Waals surface area (Å²) in [7, 11) is -1.64. The van der Waals surface area contributed by atoms with E-state index in [0.29, 0.717) is 12.0 Å². The molecular weight excluding hydrogens is 339 g/mol. The average molecular weight is 360 g/mol. The molecular formula is C19H21FN2O2S. The zero-order chi connectivity index (χ0) is 17.6. The third-order valence-corrected chi connectivity index (χ3v) is 7.16. The molecule has 1 fully saturated rings. The number of fused-ring (bicyclic) bond motifs is 3. The van der Waals surface area contributed by atoms with E-state index in [0.717, 1.165) is 43.2 Å². The Hall–Kier alpha value is -1.92. The van der Waals surface area contributed by atoms with Gasteiger partial charge >= 0.3 is 0 Å². The van der Waals surface area contributed by atoms with Gasteiger partial charge in [-0.25, -0.2) is 12.8 Å². The van der Waals surface area contributed by atoms with Gasteiger partial charge in [0.2, 0.25) is 9.84 Å². The van der Waals surface area contributed by atoms with Crippen molar-refractivity contribution in [3.05, 3.63) is 53.8 Å². The van der Waals surface area contributed by atoms with Gasteiger partial charge in [0.25, 0.3) is 0 Å². The molecule has 2 aromatic carbocycles. The second-order valence-electron chi connectivity index (χ2n) is 6.79. The summed E-state index contributed by atoms with van der Waals surface area (Å²) in [5, 5.41) is 3.42. The lowest BCUT2D eigenvalue weighted by atomic mass is 9.91. The van der Waals surface area contributed by atoms with Crippen LogP contribution < -0.4 is 10.2 Å². The standard InChI is InChI=1S/C19H21FN2O2S/c1-22-18-6-5-15(25(23,24)14-4-2-3-13(20)11-14)12-17(18)16-7-9-21-10-8-19(16)22/h2-6,11-12,16,19,21H,7-10H2,1H3/t16-,19?/m0/s1. The van der Waals surface area contributed by atoms with Gasteiger partial charge in [-0.05, 0) is 67.9 Å². The van der Waals surface area contributed by atoms with Crippen LogP contribution in [-0.2, 0) is 9.84 Å². The lowest BCUT2D eigenvalue weighted by molar-refractivity contribution is 0.531. The van der Waals surface area contributed by atoms with Gasteiger partial charge in [-0.15, -0.1) is 0 Å². The number of rotatable bonds is 2. The normalized spacial score (nSPS) is 23.0. The van der Waals surface area contributed by atoms with E-state index in [1.54, 1.807) is 12.1 Å². The van der Waals surface area contributed by atoms with Crippen molar-refractivity contribution in [2.45, 2.75) is 34.6 Å². The van der Waals surface area contributed by atoms with Crippen molar-refractivity contribution in [2.24, 2.45) is 0 Å². The van der Waals surface area contributed by atoms with Crippen LogP contribution in [-0.4, -0.2) is 34.6 Å². The number of benzene rings is 2. The SMILES string of the molecule is CN1c2ccc(S(=O)(=O)c3cccc(F)c3)cc2[C@@H]2CCNCCC21. The Bertz CT molecular complexity index is 913. The monoisotopic (exact) mass is 360 g/mol. The molecule has 4 nitrogen and oxygen atoms in total. The summed E-state index contributed by atoms with van der Waals surface area (Å²) < 4.78 is 39.3. The molecule has 0 amide bonds. The molecule has 0 bridgehead atoms. The van der Waals surface area contributed by atoms with E-state index in [4.69, 9.17) is 0 Å². The molecule has 2 atom stereocenters. The van der Waals surface area contributed by atoms with Gasteiger partial charge in [0.05, 0.1) is 9.79 Å². The summed E-state index contributed by atoms with van der Waals surface area (Å²) in [4.78, 5) is 2.51. The lowest BCUT2D eigenvalue weighted by Crippen LogP contribution is -2.30. The van der Waals surface area contributed by atoms with E-state index >= 15 is 0 Å². The van der Waals surface area contributed by atoms with Crippen molar-refractivity contribution in [2.75, 3.05) is 25.0 Å². The summed E-state index contributed by atoms with van der Waals surface area (Å²) in [5.41, 5.74) is 2.20. The van der Waals surface area contributed by atoms with Crippen LogP contribution in [0.25, 0.3) is 0 Å². The molecule has 1 saturated heterocycles.